The highest BCUT2D eigenvalue weighted by atomic mass is 16.5. The lowest BCUT2D eigenvalue weighted by atomic mass is 9.95. The molecule has 2 aromatic rings. The van der Waals surface area contributed by atoms with E-state index in [0.29, 0.717) is 22.6 Å². The molecule has 0 bridgehead atoms. The fraction of sp³-hybridized carbons (Fsp3) is 0.238. The summed E-state index contributed by atoms with van der Waals surface area (Å²) < 4.78 is 10.9. The minimum absolute atomic E-state index is 0.155. The van der Waals surface area contributed by atoms with E-state index in [1.165, 1.54) is 0 Å². The van der Waals surface area contributed by atoms with Gasteiger partial charge in [-0.1, -0.05) is 48.0 Å². The Morgan fingerprint density at radius 3 is 2.48 bits per heavy atom. The molecule has 0 saturated carbocycles. The van der Waals surface area contributed by atoms with Crippen LogP contribution in [0.3, 0.4) is 0 Å². The number of rotatable bonds is 5. The minimum Gasteiger partial charge on any atom is -0.496 e. The molecule has 2 N–H and O–H groups in total. The molecule has 3 rings (SSSR count). The van der Waals surface area contributed by atoms with E-state index < -0.39 is 12.0 Å². The number of carbonyl (C=O) groups is 2. The first kappa shape index (κ1) is 18.5. The minimum atomic E-state index is -0.652. The molecular formula is C21H22N2O4. The van der Waals surface area contributed by atoms with E-state index >= 15 is 0 Å². The van der Waals surface area contributed by atoms with Gasteiger partial charge in [0.1, 0.15) is 12.4 Å². The summed E-state index contributed by atoms with van der Waals surface area (Å²) in [5.41, 5.74) is 3.54. The van der Waals surface area contributed by atoms with Gasteiger partial charge in [0.05, 0.1) is 18.7 Å². The SMILES string of the molecule is COc1ccccc1C1NC(=O)NC(C)=C1C(=O)OCc1ccc(C)cc1. The number of carbonyl (C=O) groups excluding carboxylic acids is 2. The molecule has 1 aliphatic rings. The highest BCUT2D eigenvalue weighted by Crippen LogP contribution is 2.33. The van der Waals surface area contributed by atoms with Crippen molar-refractivity contribution >= 4 is 12.0 Å². The summed E-state index contributed by atoms with van der Waals surface area (Å²) in [7, 11) is 1.55. The average Bonchev–Trinajstić information content (AvgIpc) is 2.66. The Morgan fingerprint density at radius 2 is 1.78 bits per heavy atom. The van der Waals surface area contributed by atoms with E-state index in [1.807, 2.05) is 49.4 Å². The molecular weight excluding hydrogens is 344 g/mol. The molecule has 140 valence electrons. The van der Waals surface area contributed by atoms with Crippen LogP contribution in [0.5, 0.6) is 5.75 Å². The van der Waals surface area contributed by atoms with Gasteiger partial charge in [-0.3, -0.25) is 0 Å². The molecule has 0 fully saturated rings. The van der Waals surface area contributed by atoms with Gasteiger partial charge in [-0.2, -0.15) is 0 Å². The maximum Gasteiger partial charge on any atom is 0.338 e. The van der Waals surface area contributed by atoms with Gasteiger partial charge < -0.3 is 20.1 Å². The molecule has 1 heterocycles. The monoisotopic (exact) mass is 366 g/mol. The van der Waals surface area contributed by atoms with Crippen LogP contribution in [0.2, 0.25) is 0 Å². The Kier molecular flexibility index (Phi) is 5.45. The van der Waals surface area contributed by atoms with Crippen molar-refractivity contribution < 1.29 is 19.1 Å². The molecule has 0 aliphatic carbocycles. The molecule has 1 atom stereocenters. The maximum absolute atomic E-state index is 12.8. The van der Waals surface area contributed by atoms with E-state index in [1.54, 1.807) is 20.1 Å². The van der Waals surface area contributed by atoms with Gasteiger partial charge in [0.25, 0.3) is 0 Å². The van der Waals surface area contributed by atoms with E-state index in [4.69, 9.17) is 9.47 Å². The number of benzene rings is 2. The highest BCUT2D eigenvalue weighted by molar-refractivity contribution is 5.95. The van der Waals surface area contributed by atoms with Crippen molar-refractivity contribution in [3.05, 3.63) is 76.5 Å². The molecule has 1 unspecified atom stereocenters. The largest absolute Gasteiger partial charge is 0.496 e. The van der Waals surface area contributed by atoms with Gasteiger partial charge in [0.2, 0.25) is 0 Å². The molecule has 1 aliphatic heterocycles. The van der Waals surface area contributed by atoms with Gasteiger partial charge in [0.15, 0.2) is 0 Å². The van der Waals surface area contributed by atoms with Crippen LogP contribution < -0.4 is 15.4 Å². The number of aryl methyl sites for hydroxylation is 1. The molecule has 27 heavy (non-hydrogen) atoms. The first-order valence-corrected chi connectivity index (χ1v) is 8.63. The molecule has 6 nitrogen and oxygen atoms in total. The van der Waals surface area contributed by atoms with Crippen LogP contribution in [0.4, 0.5) is 4.79 Å². The predicted molar refractivity (Wildman–Crippen MR) is 101 cm³/mol. The van der Waals surface area contributed by atoms with Crippen LogP contribution in [0, 0.1) is 6.92 Å². The van der Waals surface area contributed by atoms with Crippen LogP contribution >= 0.6 is 0 Å². The fourth-order valence-electron chi connectivity index (χ4n) is 3.01. The fourth-order valence-corrected chi connectivity index (χ4v) is 3.01. The van der Waals surface area contributed by atoms with E-state index in [-0.39, 0.29) is 12.6 Å². The summed E-state index contributed by atoms with van der Waals surface area (Å²) in [4.78, 5) is 24.8. The van der Waals surface area contributed by atoms with Crippen molar-refractivity contribution in [2.75, 3.05) is 7.11 Å². The maximum atomic E-state index is 12.8. The average molecular weight is 366 g/mol. The van der Waals surface area contributed by atoms with Gasteiger partial charge in [-0.05, 0) is 25.5 Å². The lowest BCUT2D eigenvalue weighted by Gasteiger charge is -2.29. The number of hydrogen-bond donors (Lipinski definition) is 2. The second-order valence-corrected chi connectivity index (χ2v) is 6.37. The molecule has 2 aromatic carbocycles. The smallest absolute Gasteiger partial charge is 0.338 e. The van der Waals surface area contributed by atoms with Crippen molar-refractivity contribution in [2.24, 2.45) is 0 Å². The highest BCUT2D eigenvalue weighted by Gasteiger charge is 2.33. The zero-order valence-corrected chi connectivity index (χ0v) is 15.5. The standard InChI is InChI=1S/C21H22N2O4/c1-13-8-10-15(11-9-13)12-27-20(24)18-14(2)22-21(25)23-19(18)16-6-4-5-7-17(16)26-3/h4-11,19H,12H2,1-3H3,(H2,22,23,25). The van der Waals surface area contributed by atoms with Crippen LogP contribution in [-0.4, -0.2) is 19.1 Å². The second kappa shape index (κ2) is 7.95. The number of nitrogens with one attached hydrogen (secondary N) is 2. The van der Waals surface area contributed by atoms with E-state index in [0.717, 1.165) is 11.1 Å². The quantitative estimate of drug-likeness (QED) is 0.796. The van der Waals surface area contributed by atoms with Crippen molar-refractivity contribution in [1.82, 2.24) is 10.6 Å². The summed E-state index contributed by atoms with van der Waals surface area (Å²) in [6.07, 6.45) is 0. The zero-order valence-electron chi connectivity index (χ0n) is 15.5. The molecule has 0 aromatic heterocycles. The topological polar surface area (TPSA) is 76.7 Å². The Balaban J connectivity index is 1.87. The third-order valence-electron chi connectivity index (χ3n) is 4.43. The van der Waals surface area contributed by atoms with Crippen molar-refractivity contribution in [2.45, 2.75) is 26.5 Å². The summed E-state index contributed by atoms with van der Waals surface area (Å²) in [6.45, 7) is 3.84. The van der Waals surface area contributed by atoms with Gasteiger partial charge in [0, 0.05) is 11.3 Å². The van der Waals surface area contributed by atoms with Crippen molar-refractivity contribution in [3.63, 3.8) is 0 Å². The number of methoxy groups -OCH3 is 1. The van der Waals surface area contributed by atoms with Gasteiger partial charge in [-0.25, -0.2) is 9.59 Å². The Hall–Kier alpha value is -3.28. The summed E-state index contributed by atoms with van der Waals surface area (Å²) >= 11 is 0. The Morgan fingerprint density at radius 1 is 1.07 bits per heavy atom. The van der Waals surface area contributed by atoms with Gasteiger partial charge in [-0.15, -0.1) is 0 Å². The molecule has 0 spiro atoms. The van der Waals surface area contributed by atoms with Crippen LogP contribution in [0.1, 0.15) is 29.7 Å². The molecule has 6 heteroatoms. The van der Waals surface area contributed by atoms with Crippen molar-refractivity contribution in [1.29, 1.82) is 0 Å². The van der Waals surface area contributed by atoms with Crippen LogP contribution in [0.25, 0.3) is 0 Å². The third-order valence-corrected chi connectivity index (χ3v) is 4.43. The third kappa shape index (κ3) is 4.11. The predicted octanol–water partition coefficient (Wildman–Crippen LogP) is 3.37. The number of allylic oxidation sites excluding steroid dienone is 1. The number of urea groups is 1. The van der Waals surface area contributed by atoms with E-state index in [9.17, 15) is 9.59 Å². The Labute approximate surface area is 158 Å². The first-order chi connectivity index (χ1) is 13.0. The summed E-state index contributed by atoms with van der Waals surface area (Å²) in [6, 6.07) is 14.0. The number of hydrogen-bond acceptors (Lipinski definition) is 4. The summed E-state index contributed by atoms with van der Waals surface area (Å²) in [5, 5.41) is 5.43. The Bertz CT molecular complexity index is 887. The van der Waals surface area contributed by atoms with Crippen LogP contribution in [-0.2, 0) is 16.1 Å². The molecule has 0 radical (unpaired) electrons. The zero-order chi connectivity index (χ0) is 19.4. The lowest BCUT2D eigenvalue weighted by molar-refractivity contribution is -0.140. The summed E-state index contributed by atoms with van der Waals surface area (Å²) in [5.74, 6) is 0.0952. The van der Waals surface area contributed by atoms with Crippen molar-refractivity contribution in [3.8, 4) is 5.75 Å². The number of ether oxygens (including phenoxy) is 2. The molecule has 0 saturated heterocycles. The lowest BCUT2D eigenvalue weighted by Crippen LogP contribution is -2.45. The number of esters is 1. The van der Waals surface area contributed by atoms with Gasteiger partial charge >= 0.3 is 12.0 Å². The second-order valence-electron chi connectivity index (χ2n) is 6.37. The van der Waals surface area contributed by atoms with Crippen LogP contribution in [0.15, 0.2) is 59.8 Å². The normalized spacial score (nSPS) is 16.4. The van der Waals surface area contributed by atoms with E-state index in [2.05, 4.69) is 10.6 Å². The number of para-hydroxylation sites is 1. The number of amides is 2. The first-order valence-electron chi connectivity index (χ1n) is 8.63. The molecule has 2 amide bonds.